The number of carbonyl (C=O) groups excluding carboxylic acids is 3. The van der Waals surface area contributed by atoms with Crippen LogP contribution in [0.1, 0.15) is 25.7 Å². The first-order chi connectivity index (χ1) is 41.1. The summed E-state index contributed by atoms with van der Waals surface area (Å²) in [5.74, 6) is 2.03. The number of hydrogen-bond acceptors (Lipinski definition) is 20. The number of amides is 4. The molecule has 4 aromatic heterocycles. The number of methoxy groups -OCH3 is 3. The van der Waals surface area contributed by atoms with Crippen molar-refractivity contribution in [3.8, 4) is 45.5 Å². The Morgan fingerprint density at radius 2 is 1.13 bits per heavy atom. The van der Waals surface area contributed by atoms with Crippen LogP contribution in [-0.2, 0) is 19.1 Å². The number of benzene rings is 2. The zero-order valence-electron chi connectivity index (χ0n) is 47.3. The predicted molar refractivity (Wildman–Crippen MR) is 327 cm³/mol. The van der Waals surface area contributed by atoms with Crippen LogP contribution in [0.4, 0.5) is 28.3 Å². The fourth-order valence-corrected chi connectivity index (χ4v) is 12.3. The maximum absolute atomic E-state index is 12.7. The van der Waals surface area contributed by atoms with E-state index in [9.17, 15) is 14.4 Å². The molecule has 10 rings (SSSR count). The van der Waals surface area contributed by atoms with Crippen LogP contribution in [0.2, 0.25) is 20.1 Å². The Hall–Kier alpha value is -7.45. The summed E-state index contributed by atoms with van der Waals surface area (Å²) < 4.78 is 36.0. The second kappa shape index (κ2) is 26.9. The summed E-state index contributed by atoms with van der Waals surface area (Å²) in [6.45, 7) is 10.5. The van der Waals surface area contributed by atoms with E-state index in [1.807, 2.05) is 7.05 Å². The quantitative estimate of drug-likeness (QED) is 0.0325. The Balaban J connectivity index is 0.887. The maximum Gasteiger partial charge on any atom is 0.317 e. The maximum atomic E-state index is 12.7. The minimum absolute atomic E-state index is 0.0542. The lowest BCUT2D eigenvalue weighted by Gasteiger charge is -2.21. The Bertz CT molecular complexity index is 3500. The van der Waals surface area contributed by atoms with Crippen molar-refractivity contribution in [3.63, 3.8) is 0 Å². The number of halogens is 4. The molecule has 28 heteroatoms. The highest BCUT2D eigenvalue weighted by molar-refractivity contribution is 6.42. The van der Waals surface area contributed by atoms with Gasteiger partial charge in [-0.1, -0.05) is 59.6 Å². The highest BCUT2D eigenvalue weighted by atomic mass is 35.5. The number of likely N-dealkylation sites (N-methyl/N-ethyl adjacent to an activating group) is 1. The largest absolute Gasteiger partial charge is 0.495 e. The molecule has 0 bridgehead atoms. The second-order valence-corrected chi connectivity index (χ2v) is 22.3. The molecule has 0 radical (unpaired) electrons. The van der Waals surface area contributed by atoms with Gasteiger partial charge in [0.05, 0.1) is 95.3 Å². The van der Waals surface area contributed by atoms with E-state index < -0.39 is 12.1 Å². The van der Waals surface area contributed by atoms with E-state index in [4.69, 9.17) is 94.8 Å². The van der Waals surface area contributed by atoms with Gasteiger partial charge in [0.15, 0.2) is 11.6 Å². The van der Waals surface area contributed by atoms with Gasteiger partial charge in [-0.25, -0.2) is 34.7 Å². The van der Waals surface area contributed by atoms with E-state index in [0.29, 0.717) is 125 Å². The average Bonchev–Trinajstić information content (AvgIpc) is 4.34. The van der Waals surface area contributed by atoms with E-state index in [1.54, 1.807) is 48.6 Å². The summed E-state index contributed by atoms with van der Waals surface area (Å²) in [5, 5.41) is 24.4. The van der Waals surface area contributed by atoms with E-state index in [2.05, 4.69) is 65.2 Å². The van der Waals surface area contributed by atoms with Crippen LogP contribution in [0.3, 0.4) is 0 Å². The molecule has 0 aliphatic carbocycles. The van der Waals surface area contributed by atoms with Gasteiger partial charge < -0.3 is 75.4 Å². The van der Waals surface area contributed by atoms with E-state index >= 15 is 0 Å². The number of urea groups is 1. The van der Waals surface area contributed by atoms with Gasteiger partial charge in [-0.05, 0) is 57.0 Å². The number of hydrogen-bond donors (Lipinski definition) is 7. The zero-order chi connectivity index (χ0) is 60.1. The van der Waals surface area contributed by atoms with Crippen molar-refractivity contribution in [2.24, 2.45) is 0 Å². The number of nitrogens with one attached hydrogen (secondary N) is 7. The van der Waals surface area contributed by atoms with Gasteiger partial charge in [-0.2, -0.15) is 0 Å². The van der Waals surface area contributed by atoms with E-state index in [1.165, 1.54) is 33.5 Å². The van der Waals surface area contributed by atoms with Gasteiger partial charge in [0.1, 0.15) is 40.6 Å². The first-order valence-corrected chi connectivity index (χ1v) is 29.0. The van der Waals surface area contributed by atoms with Crippen molar-refractivity contribution in [1.82, 2.24) is 55.7 Å². The minimum Gasteiger partial charge on any atom is -0.495 e. The Kier molecular flexibility index (Phi) is 19.2. The SMILES string of the molecule is C=CC(=O)N[C@H]1CN(C)C[C@H]1Nc1ncc2cc(-c3c(Cl)c(OC)cc(OC)c3Cl)nc(NCC3CCC(COc4cc(OC)c(Cl)c(-c5cc6cnc(N[C@@H]7CN(C(=O)NC)C[C@@H]7NC(=O)C=C)nc6c(NCC6CCCO6)n5)c4Cl)O3)c2n1. The van der Waals surface area contributed by atoms with E-state index in [0.717, 1.165) is 12.8 Å². The van der Waals surface area contributed by atoms with Crippen LogP contribution in [0.5, 0.6) is 23.0 Å². The summed E-state index contributed by atoms with van der Waals surface area (Å²) >= 11 is 28.3. The summed E-state index contributed by atoms with van der Waals surface area (Å²) in [6, 6.07) is 5.20. The molecule has 4 aliphatic heterocycles. The number of anilines is 4. The molecule has 4 amide bonds. The highest BCUT2D eigenvalue weighted by Gasteiger charge is 2.37. The van der Waals surface area contributed by atoms with Gasteiger partial charge in [-0.3, -0.25) is 9.59 Å². The number of fused-ring (bicyclic) bond motifs is 2. The molecule has 7 N–H and O–H groups in total. The molecule has 8 heterocycles. The number of nitrogens with zero attached hydrogens (tertiary/aromatic N) is 8. The topological polar surface area (TPSA) is 275 Å². The third-order valence-electron chi connectivity index (χ3n) is 15.2. The standard InChI is InChI=1S/C57H65Cl4N15O9/c1-8-43(77)67-35-23-75(4)24-36(35)71-55-65-19-28-15-33(45-47(58)39(80-5)17-40(81-6)48(45)59)69-54(52(28)73-55)64-22-31-12-13-32(85-31)27-84-42-18-41(82-7)49(60)46(50(42)61)34-16-29-20-66-56(74-51(29)53(70-34)63-21-30-11-10-14-83-30)72-38-26-76(57(79)62-3)25-37(38)68-44(78)9-2/h8-9,15-20,30-32,35-38H,1-2,10-14,21-27H2,3-7H3,(H,62,79)(H,63,70)(H,64,69)(H,67,77)(H,68,78)(H,65,71,73)(H,66,72,74)/t30?,31?,32?,35-,36+,37-,38+/m0/s1. The lowest BCUT2D eigenvalue weighted by atomic mass is 10.1. The Morgan fingerprint density at radius 3 is 1.65 bits per heavy atom. The molecule has 7 atom stereocenters. The molecular formula is C57H65Cl4N15O9. The Labute approximate surface area is 510 Å². The van der Waals surface area contributed by atoms with Crippen LogP contribution >= 0.6 is 46.4 Å². The summed E-state index contributed by atoms with van der Waals surface area (Å²) in [6.07, 6.45) is 8.21. The number of likely N-dealkylation sites (tertiary alicyclic amines) is 2. The number of ether oxygens (including phenoxy) is 6. The number of rotatable bonds is 22. The minimum atomic E-state index is -0.465. The van der Waals surface area contributed by atoms with Crippen molar-refractivity contribution in [3.05, 3.63) is 82.1 Å². The fraction of sp³-hybridized carbons (Fsp3) is 0.421. The molecule has 0 saturated carbocycles. The van der Waals surface area contributed by atoms with Gasteiger partial charge in [0.25, 0.3) is 0 Å². The fourth-order valence-electron chi connectivity index (χ4n) is 10.9. The second-order valence-electron chi connectivity index (χ2n) is 20.8. The molecule has 4 saturated heterocycles. The van der Waals surface area contributed by atoms with Gasteiger partial charge in [-0.15, -0.1) is 0 Å². The number of carbonyl (C=O) groups is 3. The van der Waals surface area contributed by atoms with Crippen LogP contribution in [-0.4, -0.2) is 188 Å². The molecule has 6 aromatic rings. The zero-order valence-corrected chi connectivity index (χ0v) is 50.3. The first-order valence-electron chi connectivity index (χ1n) is 27.5. The van der Waals surface area contributed by atoms with Crippen molar-refractivity contribution in [2.75, 3.05) is 109 Å². The average molecular weight is 1250 g/mol. The van der Waals surface area contributed by atoms with E-state index in [-0.39, 0.29) is 99.7 Å². The molecule has 450 valence electrons. The van der Waals surface area contributed by atoms with Crippen LogP contribution in [0.15, 0.2) is 62.0 Å². The van der Waals surface area contributed by atoms with Crippen LogP contribution < -0.4 is 56.2 Å². The molecule has 3 unspecified atom stereocenters. The number of aromatic nitrogens is 6. The lowest BCUT2D eigenvalue weighted by molar-refractivity contribution is -0.117. The van der Waals surface area contributed by atoms with Gasteiger partial charge in [0.2, 0.25) is 23.7 Å². The van der Waals surface area contributed by atoms with Crippen molar-refractivity contribution >= 4 is 110 Å². The number of pyridine rings is 2. The third kappa shape index (κ3) is 13.5. The van der Waals surface area contributed by atoms with Crippen molar-refractivity contribution in [1.29, 1.82) is 0 Å². The van der Waals surface area contributed by atoms with Crippen LogP contribution in [0, 0.1) is 0 Å². The molecule has 4 aliphatic rings. The summed E-state index contributed by atoms with van der Waals surface area (Å²) in [4.78, 5) is 70.5. The summed E-state index contributed by atoms with van der Waals surface area (Å²) in [7, 11) is 8.03. The third-order valence-corrected chi connectivity index (χ3v) is 16.7. The highest BCUT2D eigenvalue weighted by Crippen LogP contribution is 2.48. The molecule has 24 nitrogen and oxygen atoms in total. The lowest BCUT2D eigenvalue weighted by Crippen LogP contribution is -2.45. The molecule has 4 fully saturated rings. The van der Waals surface area contributed by atoms with Crippen molar-refractivity contribution < 1.29 is 42.8 Å². The van der Waals surface area contributed by atoms with Gasteiger partial charge >= 0.3 is 6.03 Å². The monoisotopic (exact) mass is 1240 g/mol. The predicted octanol–water partition coefficient (Wildman–Crippen LogP) is 7.47. The Morgan fingerprint density at radius 1 is 0.647 bits per heavy atom. The smallest absolute Gasteiger partial charge is 0.317 e. The molecule has 0 spiro atoms. The summed E-state index contributed by atoms with van der Waals surface area (Å²) in [5.41, 5.74) is 2.53. The first kappa shape index (κ1) is 60.7. The molecule has 2 aromatic carbocycles. The molecular weight excluding hydrogens is 1180 g/mol. The van der Waals surface area contributed by atoms with Gasteiger partial charge in [0, 0.05) is 99.3 Å². The van der Waals surface area contributed by atoms with Crippen LogP contribution in [0.25, 0.3) is 44.3 Å². The normalized spacial score (nSPS) is 21.1. The van der Waals surface area contributed by atoms with Crippen molar-refractivity contribution in [2.45, 2.75) is 68.2 Å². The molecule has 85 heavy (non-hydrogen) atoms.